The van der Waals surface area contributed by atoms with E-state index in [4.69, 9.17) is 4.52 Å². The van der Waals surface area contributed by atoms with Gasteiger partial charge in [-0.25, -0.2) is 13.1 Å². The van der Waals surface area contributed by atoms with Crippen molar-refractivity contribution >= 4 is 21.4 Å². The van der Waals surface area contributed by atoms with Gasteiger partial charge in [-0.15, -0.1) is 21.5 Å². The average Bonchev–Trinajstić information content (AvgIpc) is 3.26. The maximum Gasteiger partial charge on any atom is 0.242 e. The maximum atomic E-state index is 12.8. The molecule has 1 N–H and O–H groups in total. The Labute approximate surface area is 149 Å². The van der Waals surface area contributed by atoms with Gasteiger partial charge in [-0.05, 0) is 26.3 Å². The third kappa shape index (κ3) is 3.65. The van der Waals surface area contributed by atoms with Gasteiger partial charge in [-0.2, -0.15) is 0 Å². The topological polar surface area (TPSA) is 103 Å². The first-order chi connectivity index (χ1) is 11.9. The van der Waals surface area contributed by atoms with Gasteiger partial charge in [0, 0.05) is 17.5 Å². The van der Waals surface area contributed by atoms with Gasteiger partial charge in [0.15, 0.2) is 11.6 Å². The molecule has 1 unspecified atom stereocenters. The molecule has 1 atom stereocenters. The molecule has 0 aliphatic carbocycles. The summed E-state index contributed by atoms with van der Waals surface area (Å²) < 4.78 is 35.2. The van der Waals surface area contributed by atoms with Crippen LogP contribution in [0.5, 0.6) is 0 Å². The fourth-order valence-electron chi connectivity index (χ4n) is 2.56. The summed E-state index contributed by atoms with van der Waals surface area (Å²) >= 11 is 1.35. The van der Waals surface area contributed by atoms with Crippen molar-refractivity contribution in [3.05, 3.63) is 35.4 Å². The molecule has 0 radical (unpaired) electrons. The maximum absolute atomic E-state index is 12.8. The zero-order valence-corrected chi connectivity index (χ0v) is 15.8. The Morgan fingerprint density at radius 1 is 1.44 bits per heavy atom. The molecular weight excluding hydrogens is 362 g/mol. The second-order valence-corrected chi connectivity index (χ2v) is 8.57. The molecule has 25 heavy (non-hydrogen) atoms. The summed E-state index contributed by atoms with van der Waals surface area (Å²) in [6.45, 7) is 6.30. The summed E-state index contributed by atoms with van der Waals surface area (Å²) in [6.07, 6.45) is 4.05. The first kappa shape index (κ1) is 17.8. The molecule has 0 saturated heterocycles. The second kappa shape index (κ2) is 7.06. The van der Waals surface area contributed by atoms with Gasteiger partial charge in [-0.1, -0.05) is 12.1 Å². The smallest absolute Gasteiger partial charge is 0.242 e. The molecule has 8 nitrogen and oxygen atoms in total. The monoisotopic (exact) mass is 381 g/mol. The summed E-state index contributed by atoms with van der Waals surface area (Å²) in [5.74, 6) is 1.14. The Hall–Kier alpha value is -2.04. The summed E-state index contributed by atoms with van der Waals surface area (Å²) in [7, 11) is -3.70. The molecule has 0 saturated carbocycles. The van der Waals surface area contributed by atoms with E-state index >= 15 is 0 Å². The molecular formula is C15H19N5O3S2. The van der Waals surface area contributed by atoms with Crippen LogP contribution in [0.4, 0.5) is 0 Å². The molecule has 3 rings (SSSR count). The predicted octanol–water partition coefficient (Wildman–Crippen LogP) is 2.75. The number of hydrogen-bond acceptors (Lipinski definition) is 7. The van der Waals surface area contributed by atoms with E-state index in [9.17, 15) is 8.42 Å². The van der Waals surface area contributed by atoms with E-state index in [1.54, 1.807) is 32.3 Å². The van der Waals surface area contributed by atoms with E-state index in [0.717, 1.165) is 17.8 Å². The molecule has 3 aromatic heterocycles. The van der Waals surface area contributed by atoms with Gasteiger partial charge in [0.2, 0.25) is 10.0 Å². The molecule has 3 aromatic rings. The third-order valence-electron chi connectivity index (χ3n) is 3.67. The highest BCUT2D eigenvalue weighted by molar-refractivity contribution is 7.89. The normalized spacial score (nSPS) is 13.2. The summed E-state index contributed by atoms with van der Waals surface area (Å²) in [5.41, 5.74) is 0. The number of aromatic nitrogens is 4. The van der Waals surface area contributed by atoms with Crippen LogP contribution in [0, 0.1) is 6.92 Å². The number of nitrogens with one attached hydrogen (secondary N) is 1. The van der Waals surface area contributed by atoms with Crippen LogP contribution in [0.3, 0.4) is 0 Å². The van der Waals surface area contributed by atoms with Crippen molar-refractivity contribution in [3.8, 4) is 10.6 Å². The van der Waals surface area contributed by atoms with Crippen LogP contribution in [0.15, 0.2) is 34.1 Å². The highest BCUT2D eigenvalue weighted by Crippen LogP contribution is 2.33. The Bertz CT molecular complexity index is 944. The molecule has 0 aliphatic rings. The van der Waals surface area contributed by atoms with Crippen molar-refractivity contribution in [2.45, 2.75) is 44.7 Å². The lowest BCUT2D eigenvalue weighted by atomic mass is 10.3. The van der Waals surface area contributed by atoms with E-state index in [1.165, 1.54) is 17.5 Å². The minimum Gasteiger partial charge on any atom is -0.355 e. The quantitative estimate of drug-likeness (QED) is 0.675. The third-order valence-corrected chi connectivity index (χ3v) is 6.53. The fourth-order valence-corrected chi connectivity index (χ4v) is 5.31. The van der Waals surface area contributed by atoms with E-state index in [2.05, 4.69) is 20.1 Å². The van der Waals surface area contributed by atoms with E-state index < -0.39 is 16.1 Å². The summed E-state index contributed by atoms with van der Waals surface area (Å²) in [5, 5.41) is 11.6. The number of aryl methyl sites for hydroxylation is 2. The first-order valence-corrected chi connectivity index (χ1v) is 10.1. The number of sulfonamides is 1. The van der Waals surface area contributed by atoms with Crippen LogP contribution in [-0.2, 0) is 16.6 Å². The predicted molar refractivity (Wildman–Crippen MR) is 93.6 cm³/mol. The van der Waals surface area contributed by atoms with Crippen LogP contribution in [-0.4, -0.2) is 28.3 Å². The largest absolute Gasteiger partial charge is 0.355 e. The zero-order valence-electron chi connectivity index (χ0n) is 14.1. The van der Waals surface area contributed by atoms with Crippen LogP contribution >= 0.6 is 11.3 Å². The fraction of sp³-hybridized carbons (Fsp3) is 0.400. The van der Waals surface area contributed by atoms with Gasteiger partial charge >= 0.3 is 0 Å². The van der Waals surface area contributed by atoms with Crippen LogP contribution in [0.25, 0.3) is 10.6 Å². The molecule has 0 bridgehead atoms. The summed E-state index contributed by atoms with van der Waals surface area (Å²) in [6, 6.07) is 2.81. The second-order valence-electron chi connectivity index (χ2n) is 5.63. The van der Waals surface area contributed by atoms with Gasteiger partial charge in [0.1, 0.15) is 6.33 Å². The Morgan fingerprint density at radius 2 is 2.24 bits per heavy atom. The molecule has 0 aromatic carbocycles. The lowest BCUT2D eigenvalue weighted by molar-refractivity contribution is 0.433. The van der Waals surface area contributed by atoms with Crippen LogP contribution in [0.1, 0.15) is 37.0 Å². The van der Waals surface area contributed by atoms with Gasteiger partial charge in [0.05, 0.1) is 22.0 Å². The van der Waals surface area contributed by atoms with Crippen molar-refractivity contribution in [2.24, 2.45) is 0 Å². The summed E-state index contributed by atoms with van der Waals surface area (Å²) in [4.78, 5) is 1.63. The first-order valence-electron chi connectivity index (χ1n) is 7.84. The van der Waals surface area contributed by atoms with Crippen molar-refractivity contribution in [1.82, 2.24) is 24.6 Å². The highest BCUT2D eigenvalue weighted by atomic mass is 32.2. The molecule has 3 heterocycles. The van der Waals surface area contributed by atoms with E-state index in [-0.39, 0.29) is 4.90 Å². The lowest BCUT2D eigenvalue weighted by Crippen LogP contribution is -2.29. The van der Waals surface area contributed by atoms with Crippen molar-refractivity contribution < 1.29 is 12.9 Å². The Balaban J connectivity index is 1.86. The van der Waals surface area contributed by atoms with E-state index in [1.807, 2.05) is 11.5 Å². The highest BCUT2D eigenvalue weighted by Gasteiger charge is 2.25. The van der Waals surface area contributed by atoms with Crippen molar-refractivity contribution in [1.29, 1.82) is 0 Å². The average molecular weight is 381 g/mol. The number of thiophene rings is 1. The standard InChI is InChI=1S/C15H19N5O3S2/c1-4-7-20-9-16-18-15(20)10(2)19-25(21,22)14-8-13(24-11(14)3)12-5-6-17-23-12/h5-6,8-10,19H,4,7H2,1-3H3. The molecule has 134 valence electrons. The van der Waals surface area contributed by atoms with Crippen molar-refractivity contribution in [2.75, 3.05) is 0 Å². The molecule has 0 spiro atoms. The minimum atomic E-state index is -3.70. The van der Waals surface area contributed by atoms with Crippen molar-refractivity contribution in [3.63, 3.8) is 0 Å². The molecule has 0 amide bonds. The van der Waals surface area contributed by atoms with Crippen LogP contribution < -0.4 is 4.72 Å². The zero-order chi connectivity index (χ0) is 18.0. The van der Waals surface area contributed by atoms with Crippen LogP contribution in [0.2, 0.25) is 0 Å². The number of nitrogens with zero attached hydrogens (tertiary/aromatic N) is 4. The molecule has 0 fully saturated rings. The molecule has 10 heteroatoms. The lowest BCUT2D eigenvalue weighted by Gasteiger charge is -2.14. The van der Waals surface area contributed by atoms with Gasteiger partial charge in [-0.3, -0.25) is 0 Å². The number of hydrogen-bond donors (Lipinski definition) is 1. The Morgan fingerprint density at radius 3 is 2.92 bits per heavy atom. The van der Waals surface area contributed by atoms with E-state index in [0.29, 0.717) is 16.5 Å². The minimum absolute atomic E-state index is 0.234. The molecule has 0 aliphatic heterocycles. The van der Waals surface area contributed by atoms with Gasteiger partial charge in [0.25, 0.3) is 0 Å². The SMILES string of the molecule is CCCn1cnnc1C(C)NS(=O)(=O)c1cc(-c2ccno2)sc1C. The number of rotatable bonds is 7. The Kier molecular flexibility index (Phi) is 5.02. The van der Waals surface area contributed by atoms with Gasteiger partial charge < -0.3 is 9.09 Å².